The number of nitrogens with two attached hydrogens (primary N) is 1. The summed E-state index contributed by atoms with van der Waals surface area (Å²) in [4.78, 5) is 0.295. The molecule has 0 amide bonds. The number of halogens is 1. The average Bonchev–Trinajstić information content (AvgIpc) is 2.32. The molecule has 0 bridgehead atoms. The number of nitrogen functional groups attached to an aromatic ring is 1. The molecule has 0 spiro atoms. The SMILES string of the molecule is Cc1ccc(CS(=O)(=O)c2ccc(N)cc2C)c(Cl)c1. The highest BCUT2D eigenvalue weighted by Gasteiger charge is 2.19. The molecule has 0 unspecified atom stereocenters. The van der Waals surface area contributed by atoms with E-state index in [9.17, 15) is 8.42 Å². The molecule has 0 saturated carbocycles. The van der Waals surface area contributed by atoms with Gasteiger partial charge in [0.1, 0.15) is 0 Å². The van der Waals surface area contributed by atoms with Gasteiger partial charge in [0.15, 0.2) is 9.84 Å². The highest BCUT2D eigenvalue weighted by molar-refractivity contribution is 7.90. The van der Waals surface area contributed by atoms with E-state index in [0.717, 1.165) is 5.56 Å². The van der Waals surface area contributed by atoms with E-state index in [4.69, 9.17) is 17.3 Å². The molecule has 2 N–H and O–H groups in total. The Morgan fingerprint density at radius 3 is 2.40 bits per heavy atom. The third kappa shape index (κ3) is 3.14. The molecule has 106 valence electrons. The molecule has 0 fully saturated rings. The molecule has 0 heterocycles. The Morgan fingerprint density at radius 2 is 1.80 bits per heavy atom. The van der Waals surface area contributed by atoms with E-state index >= 15 is 0 Å². The van der Waals surface area contributed by atoms with Gasteiger partial charge in [-0.05, 0) is 54.8 Å². The Labute approximate surface area is 124 Å². The minimum absolute atomic E-state index is 0.114. The van der Waals surface area contributed by atoms with Crippen molar-refractivity contribution in [2.24, 2.45) is 0 Å². The van der Waals surface area contributed by atoms with E-state index < -0.39 is 9.84 Å². The van der Waals surface area contributed by atoms with Crippen LogP contribution in [-0.2, 0) is 15.6 Å². The van der Waals surface area contributed by atoms with Crippen molar-refractivity contribution in [3.05, 3.63) is 58.1 Å². The van der Waals surface area contributed by atoms with Crippen LogP contribution in [0.5, 0.6) is 0 Å². The Morgan fingerprint density at radius 1 is 1.10 bits per heavy atom. The van der Waals surface area contributed by atoms with Crippen molar-refractivity contribution in [3.8, 4) is 0 Å². The molecule has 0 aromatic heterocycles. The van der Waals surface area contributed by atoms with Crippen LogP contribution in [0, 0.1) is 13.8 Å². The van der Waals surface area contributed by atoms with E-state index in [1.807, 2.05) is 13.0 Å². The highest BCUT2D eigenvalue weighted by Crippen LogP contribution is 2.25. The van der Waals surface area contributed by atoms with Crippen molar-refractivity contribution in [2.75, 3.05) is 5.73 Å². The van der Waals surface area contributed by atoms with Gasteiger partial charge in [-0.25, -0.2) is 8.42 Å². The smallest absolute Gasteiger partial charge is 0.182 e. The molecule has 2 aromatic rings. The second-order valence-corrected chi connectivity index (χ2v) is 7.24. The fourth-order valence-electron chi connectivity index (χ4n) is 2.07. The molecule has 0 aliphatic carbocycles. The lowest BCUT2D eigenvalue weighted by Gasteiger charge is -2.10. The van der Waals surface area contributed by atoms with Crippen molar-refractivity contribution in [1.29, 1.82) is 0 Å². The summed E-state index contributed by atoms with van der Waals surface area (Å²) in [5.74, 6) is -0.114. The number of sulfone groups is 1. The zero-order chi connectivity index (χ0) is 14.9. The molecule has 0 radical (unpaired) electrons. The van der Waals surface area contributed by atoms with Crippen molar-refractivity contribution in [3.63, 3.8) is 0 Å². The van der Waals surface area contributed by atoms with Crippen LogP contribution in [-0.4, -0.2) is 8.42 Å². The van der Waals surface area contributed by atoms with Crippen molar-refractivity contribution >= 4 is 27.1 Å². The molecule has 20 heavy (non-hydrogen) atoms. The van der Waals surface area contributed by atoms with E-state index in [1.165, 1.54) is 0 Å². The highest BCUT2D eigenvalue weighted by atomic mass is 35.5. The molecule has 0 aliphatic heterocycles. The molecule has 5 heteroatoms. The van der Waals surface area contributed by atoms with Gasteiger partial charge in [0.2, 0.25) is 0 Å². The fourth-order valence-corrected chi connectivity index (χ4v) is 4.10. The van der Waals surface area contributed by atoms with Gasteiger partial charge in [-0.3, -0.25) is 0 Å². The average molecular weight is 310 g/mol. The van der Waals surface area contributed by atoms with Crippen LogP contribution in [0.25, 0.3) is 0 Å². The van der Waals surface area contributed by atoms with Gasteiger partial charge in [-0.1, -0.05) is 23.7 Å². The lowest BCUT2D eigenvalue weighted by molar-refractivity contribution is 0.594. The zero-order valence-corrected chi connectivity index (χ0v) is 12.9. The van der Waals surface area contributed by atoms with Crippen LogP contribution in [0.1, 0.15) is 16.7 Å². The van der Waals surface area contributed by atoms with Gasteiger partial charge in [0.25, 0.3) is 0 Å². The maximum absolute atomic E-state index is 12.5. The van der Waals surface area contributed by atoms with Gasteiger partial charge in [-0.2, -0.15) is 0 Å². The minimum Gasteiger partial charge on any atom is -0.399 e. The Kier molecular flexibility index (Phi) is 4.06. The Balaban J connectivity index is 2.41. The number of rotatable bonds is 3. The molecule has 2 rings (SSSR count). The monoisotopic (exact) mass is 309 g/mol. The van der Waals surface area contributed by atoms with E-state index in [1.54, 1.807) is 37.3 Å². The second-order valence-electron chi connectivity index (χ2n) is 4.88. The summed E-state index contributed by atoms with van der Waals surface area (Å²) in [6, 6.07) is 10.2. The van der Waals surface area contributed by atoms with Crippen LogP contribution in [0.2, 0.25) is 5.02 Å². The first-order chi connectivity index (χ1) is 9.29. The molecule has 2 aromatic carbocycles. The van der Waals surface area contributed by atoms with Crippen LogP contribution in [0.3, 0.4) is 0 Å². The molecule has 3 nitrogen and oxygen atoms in total. The van der Waals surface area contributed by atoms with Crippen LogP contribution in [0.4, 0.5) is 5.69 Å². The first kappa shape index (κ1) is 14.9. The third-order valence-electron chi connectivity index (χ3n) is 3.09. The van der Waals surface area contributed by atoms with Crippen LogP contribution >= 0.6 is 11.6 Å². The third-order valence-corrected chi connectivity index (χ3v) is 5.26. The van der Waals surface area contributed by atoms with Crippen LogP contribution in [0.15, 0.2) is 41.3 Å². The molecular formula is C15H16ClNO2S. The predicted molar refractivity (Wildman–Crippen MR) is 82.7 cm³/mol. The van der Waals surface area contributed by atoms with Crippen molar-refractivity contribution < 1.29 is 8.42 Å². The molecular weight excluding hydrogens is 294 g/mol. The predicted octanol–water partition coefficient (Wildman–Crippen LogP) is 3.51. The van der Waals surface area contributed by atoms with Crippen LogP contribution < -0.4 is 5.73 Å². The molecule has 0 aliphatic rings. The molecule has 0 atom stereocenters. The second kappa shape index (κ2) is 5.46. The standard InChI is InChI=1S/C15H16ClNO2S/c1-10-3-4-12(14(16)7-10)9-20(18,19)15-6-5-13(17)8-11(15)2/h3-8H,9,17H2,1-2H3. The lowest BCUT2D eigenvalue weighted by Crippen LogP contribution is -2.07. The maximum atomic E-state index is 12.5. The topological polar surface area (TPSA) is 60.2 Å². The lowest BCUT2D eigenvalue weighted by atomic mass is 10.2. The number of hydrogen-bond acceptors (Lipinski definition) is 3. The van der Waals surface area contributed by atoms with Gasteiger partial charge >= 0.3 is 0 Å². The first-order valence-corrected chi connectivity index (χ1v) is 8.16. The minimum atomic E-state index is -3.44. The van der Waals surface area contributed by atoms with Crippen molar-refractivity contribution in [2.45, 2.75) is 24.5 Å². The number of aryl methyl sites for hydroxylation is 2. The normalized spacial score (nSPS) is 11.6. The van der Waals surface area contributed by atoms with Gasteiger partial charge in [0.05, 0.1) is 10.6 Å². The Bertz CT molecular complexity index is 754. The van der Waals surface area contributed by atoms with E-state index in [2.05, 4.69) is 0 Å². The fraction of sp³-hybridized carbons (Fsp3) is 0.200. The summed E-state index contributed by atoms with van der Waals surface area (Å²) in [5.41, 5.74) is 8.45. The summed E-state index contributed by atoms with van der Waals surface area (Å²) in [5, 5.41) is 0.474. The first-order valence-electron chi connectivity index (χ1n) is 6.13. The van der Waals surface area contributed by atoms with Gasteiger partial charge in [-0.15, -0.1) is 0 Å². The van der Waals surface area contributed by atoms with Gasteiger partial charge < -0.3 is 5.73 Å². The molecule has 0 saturated heterocycles. The quantitative estimate of drug-likeness (QED) is 0.883. The zero-order valence-electron chi connectivity index (χ0n) is 11.4. The largest absolute Gasteiger partial charge is 0.399 e. The number of anilines is 1. The maximum Gasteiger partial charge on any atom is 0.182 e. The summed E-state index contributed by atoms with van der Waals surface area (Å²) < 4.78 is 24.9. The number of hydrogen-bond donors (Lipinski definition) is 1. The summed E-state index contributed by atoms with van der Waals surface area (Å²) in [7, 11) is -3.44. The summed E-state index contributed by atoms with van der Waals surface area (Å²) in [6.45, 7) is 3.65. The van der Waals surface area contributed by atoms with Gasteiger partial charge in [0, 0.05) is 10.7 Å². The summed E-state index contributed by atoms with van der Waals surface area (Å²) >= 11 is 6.10. The van der Waals surface area contributed by atoms with E-state index in [0.29, 0.717) is 26.7 Å². The van der Waals surface area contributed by atoms with E-state index in [-0.39, 0.29) is 5.75 Å². The Hall–Kier alpha value is -1.52. The summed E-state index contributed by atoms with van der Waals surface area (Å²) in [6.07, 6.45) is 0. The van der Waals surface area contributed by atoms with Crippen molar-refractivity contribution in [1.82, 2.24) is 0 Å². The number of benzene rings is 2.